The molecule has 0 saturated heterocycles. The minimum atomic E-state index is -1.15. The SMILES string of the molecule is CC[C@@H](O)CC(CO)OCC1=CC=C([C@@](O)(CC)N(C)c2ccc(F)cc2)CC1. The van der Waals surface area contributed by atoms with E-state index in [1.165, 1.54) is 12.1 Å². The van der Waals surface area contributed by atoms with Crippen LogP contribution >= 0.6 is 0 Å². The zero-order valence-electron chi connectivity index (χ0n) is 17.6. The molecule has 1 unspecified atom stereocenters. The highest BCUT2D eigenvalue weighted by Crippen LogP contribution is 2.35. The van der Waals surface area contributed by atoms with Crippen LogP contribution in [0.2, 0.25) is 0 Å². The molecule has 6 heteroatoms. The van der Waals surface area contributed by atoms with Gasteiger partial charge in [0.15, 0.2) is 5.72 Å². The molecule has 0 spiro atoms. The van der Waals surface area contributed by atoms with E-state index in [2.05, 4.69) is 0 Å². The summed E-state index contributed by atoms with van der Waals surface area (Å²) in [4.78, 5) is 1.78. The number of rotatable bonds is 11. The highest BCUT2D eigenvalue weighted by atomic mass is 19.1. The Morgan fingerprint density at radius 3 is 2.38 bits per heavy atom. The molecular weight excluding hydrogens is 373 g/mol. The van der Waals surface area contributed by atoms with Gasteiger partial charge in [-0.2, -0.15) is 0 Å². The molecule has 1 aromatic carbocycles. The van der Waals surface area contributed by atoms with Crippen molar-refractivity contribution < 1.29 is 24.4 Å². The van der Waals surface area contributed by atoms with Crippen LogP contribution in [0.3, 0.4) is 0 Å². The van der Waals surface area contributed by atoms with Crippen LogP contribution in [-0.2, 0) is 4.74 Å². The number of nitrogens with zero attached hydrogens (tertiary/aromatic N) is 1. The molecular formula is C23H34FNO4. The van der Waals surface area contributed by atoms with Gasteiger partial charge < -0.3 is 25.0 Å². The van der Waals surface area contributed by atoms with Gasteiger partial charge in [0, 0.05) is 19.2 Å². The molecule has 3 N–H and O–H groups in total. The smallest absolute Gasteiger partial charge is 0.160 e. The van der Waals surface area contributed by atoms with Gasteiger partial charge in [0.1, 0.15) is 5.82 Å². The number of ether oxygens (including phenoxy) is 1. The summed E-state index contributed by atoms with van der Waals surface area (Å²) in [7, 11) is 1.81. The number of hydrogen-bond acceptors (Lipinski definition) is 5. The zero-order valence-corrected chi connectivity index (χ0v) is 17.6. The summed E-state index contributed by atoms with van der Waals surface area (Å²) in [5.74, 6) is -0.306. The van der Waals surface area contributed by atoms with Crippen LogP contribution in [-0.4, -0.2) is 53.5 Å². The van der Waals surface area contributed by atoms with Crippen molar-refractivity contribution in [2.45, 2.75) is 63.9 Å². The summed E-state index contributed by atoms with van der Waals surface area (Å²) in [5, 5.41) is 30.5. The summed E-state index contributed by atoms with van der Waals surface area (Å²) < 4.78 is 19.0. The first-order valence-electron chi connectivity index (χ1n) is 10.3. The molecule has 0 heterocycles. The van der Waals surface area contributed by atoms with E-state index >= 15 is 0 Å². The van der Waals surface area contributed by atoms with Crippen LogP contribution in [0.15, 0.2) is 47.6 Å². The van der Waals surface area contributed by atoms with Crippen LogP contribution in [0.4, 0.5) is 10.1 Å². The Hall–Kier alpha value is -1.73. The van der Waals surface area contributed by atoms with Gasteiger partial charge in [0.2, 0.25) is 0 Å². The number of aliphatic hydroxyl groups excluding tert-OH is 2. The molecule has 0 radical (unpaired) electrons. The van der Waals surface area contributed by atoms with Crippen molar-refractivity contribution in [3.05, 3.63) is 53.4 Å². The average molecular weight is 408 g/mol. The second kappa shape index (κ2) is 10.9. The molecule has 5 nitrogen and oxygen atoms in total. The Balaban J connectivity index is 2.05. The van der Waals surface area contributed by atoms with Crippen LogP contribution in [0.25, 0.3) is 0 Å². The lowest BCUT2D eigenvalue weighted by Gasteiger charge is -2.41. The maximum atomic E-state index is 13.2. The Bertz CT molecular complexity index is 703. The standard InChI is InChI=1S/C23H34FNO4/c1-4-21(27)14-22(15-26)29-16-17-6-8-18(9-7-17)23(28,5-2)25(3)20-12-10-19(24)11-13-20/h6,8,10-13,21-22,26-28H,4-5,7,9,14-16H2,1-3H3/t21-,22?,23+/m1/s1. The Morgan fingerprint density at radius 1 is 1.17 bits per heavy atom. The number of likely N-dealkylation sites (N-methyl/N-ethyl adjacent to an activating group) is 1. The van der Waals surface area contributed by atoms with Gasteiger partial charge in [-0.25, -0.2) is 4.39 Å². The predicted molar refractivity (Wildman–Crippen MR) is 113 cm³/mol. The molecule has 2 rings (SSSR count). The number of aliphatic hydroxyl groups is 3. The van der Waals surface area contributed by atoms with Crippen LogP contribution < -0.4 is 4.90 Å². The lowest BCUT2D eigenvalue weighted by molar-refractivity contribution is -0.00947. The lowest BCUT2D eigenvalue weighted by Crippen LogP contribution is -2.48. The number of halogens is 1. The average Bonchev–Trinajstić information content (AvgIpc) is 2.76. The molecule has 1 aromatic rings. The Morgan fingerprint density at radius 2 is 1.86 bits per heavy atom. The normalized spacial score (nSPS) is 18.4. The summed E-state index contributed by atoms with van der Waals surface area (Å²) in [6.07, 6.45) is 6.02. The third kappa shape index (κ3) is 6.12. The molecule has 0 amide bonds. The second-order valence-corrected chi connectivity index (χ2v) is 7.64. The van der Waals surface area contributed by atoms with Crippen molar-refractivity contribution in [2.75, 3.05) is 25.2 Å². The van der Waals surface area contributed by atoms with E-state index in [-0.39, 0.29) is 18.5 Å². The quantitative estimate of drug-likeness (QED) is 0.489. The third-order valence-corrected chi connectivity index (χ3v) is 5.73. The van der Waals surface area contributed by atoms with Crippen molar-refractivity contribution in [1.82, 2.24) is 0 Å². The molecule has 0 aromatic heterocycles. The summed E-state index contributed by atoms with van der Waals surface area (Å²) in [6, 6.07) is 6.10. The van der Waals surface area contributed by atoms with Gasteiger partial charge in [0.25, 0.3) is 0 Å². The Labute approximate surface area is 173 Å². The first-order chi connectivity index (χ1) is 13.8. The van der Waals surface area contributed by atoms with Crippen LogP contribution in [0.5, 0.6) is 0 Å². The molecule has 0 bridgehead atoms. The fraction of sp³-hybridized carbons (Fsp3) is 0.565. The lowest BCUT2D eigenvalue weighted by atomic mass is 9.88. The third-order valence-electron chi connectivity index (χ3n) is 5.73. The molecule has 29 heavy (non-hydrogen) atoms. The van der Waals surface area contributed by atoms with Crippen molar-refractivity contribution in [2.24, 2.45) is 0 Å². The zero-order chi connectivity index (χ0) is 21.4. The van der Waals surface area contributed by atoms with E-state index in [0.29, 0.717) is 32.3 Å². The first-order valence-corrected chi connectivity index (χ1v) is 10.3. The van der Waals surface area contributed by atoms with Gasteiger partial charge in [-0.15, -0.1) is 0 Å². The van der Waals surface area contributed by atoms with Crippen molar-refractivity contribution in [3.63, 3.8) is 0 Å². The van der Waals surface area contributed by atoms with E-state index in [1.807, 2.05) is 33.0 Å². The van der Waals surface area contributed by atoms with Crippen molar-refractivity contribution in [1.29, 1.82) is 0 Å². The predicted octanol–water partition coefficient (Wildman–Crippen LogP) is 3.55. The number of benzene rings is 1. The maximum Gasteiger partial charge on any atom is 0.160 e. The van der Waals surface area contributed by atoms with Crippen molar-refractivity contribution >= 4 is 5.69 Å². The summed E-state index contributed by atoms with van der Waals surface area (Å²) in [6.45, 7) is 4.09. The minimum absolute atomic E-state index is 0.122. The number of allylic oxidation sites excluding steroid dienone is 2. The van der Waals surface area contributed by atoms with Gasteiger partial charge in [-0.3, -0.25) is 0 Å². The van der Waals surface area contributed by atoms with Gasteiger partial charge in [-0.05, 0) is 61.1 Å². The van der Waals surface area contributed by atoms with Crippen molar-refractivity contribution in [3.8, 4) is 0 Å². The first kappa shape index (κ1) is 23.5. The number of anilines is 1. The Kier molecular flexibility index (Phi) is 8.83. The summed E-state index contributed by atoms with van der Waals surface area (Å²) >= 11 is 0. The molecule has 3 atom stereocenters. The molecule has 0 saturated carbocycles. The molecule has 162 valence electrons. The highest BCUT2D eigenvalue weighted by molar-refractivity contribution is 5.51. The minimum Gasteiger partial charge on any atom is -0.394 e. The van der Waals surface area contributed by atoms with E-state index in [0.717, 1.165) is 23.3 Å². The van der Waals surface area contributed by atoms with E-state index in [9.17, 15) is 19.7 Å². The summed E-state index contributed by atoms with van der Waals surface area (Å²) in [5.41, 5.74) is 1.58. The maximum absolute atomic E-state index is 13.2. The second-order valence-electron chi connectivity index (χ2n) is 7.64. The molecule has 0 aliphatic heterocycles. The fourth-order valence-electron chi connectivity index (χ4n) is 3.58. The van der Waals surface area contributed by atoms with E-state index < -0.39 is 11.8 Å². The number of hydrogen-bond donors (Lipinski definition) is 3. The van der Waals surface area contributed by atoms with E-state index in [4.69, 9.17) is 4.74 Å². The van der Waals surface area contributed by atoms with Crippen LogP contribution in [0.1, 0.15) is 46.0 Å². The monoisotopic (exact) mass is 407 g/mol. The largest absolute Gasteiger partial charge is 0.394 e. The highest BCUT2D eigenvalue weighted by Gasteiger charge is 2.35. The molecule has 1 aliphatic carbocycles. The van der Waals surface area contributed by atoms with Crippen LogP contribution in [0, 0.1) is 5.82 Å². The van der Waals surface area contributed by atoms with E-state index in [1.54, 1.807) is 17.0 Å². The fourth-order valence-corrected chi connectivity index (χ4v) is 3.58. The molecule has 0 fully saturated rings. The van der Waals surface area contributed by atoms with Gasteiger partial charge >= 0.3 is 0 Å². The molecule has 1 aliphatic rings. The van der Waals surface area contributed by atoms with Gasteiger partial charge in [-0.1, -0.05) is 26.0 Å². The van der Waals surface area contributed by atoms with Gasteiger partial charge in [0.05, 0.1) is 25.4 Å². The topological polar surface area (TPSA) is 73.2 Å².